The van der Waals surface area contributed by atoms with Gasteiger partial charge in [-0.15, -0.1) is 0 Å². The normalized spacial score (nSPS) is 36.8. The van der Waals surface area contributed by atoms with Crippen LogP contribution in [0.2, 0.25) is 0 Å². The maximum atomic E-state index is 6.10. The van der Waals surface area contributed by atoms with Gasteiger partial charge in [-0.05, 0) is 32.1 Å². The molecule has 1 aliphatic heterocycles. The average molecular weight is 324 g/mol. The Morgan fingerprint density at radius 3 is 2.53 bits per heavy atom. The molecule has 0 aromatic rings. The maximum Gasteiger partial charge on any atom is 0.0616 e. The van der Waals surface area contributed by atoms with E-state index < -0.39 is 0 Å². The Kier molecular flexibility index (Phi) is 6.51. The molecule has 1 rings (SSSR count). The zero-order valence-corrected chi connectivity index (χ0v) is 12.5. The third-order valence-corrected chi connectivity index (χ3v) is 4.80. The van der Waals surface area contributed by atoms with Crippen molar-refractivity contribution in [2.75, 3.05) is 0 Å². The van der Waals surface area contributed by atoms with Crippen LogP contribution in [-0.2, 0) is 4.74 Å². The van der Waals surface area contributed by atoms with Crippen LogP contribution in [-0.4, -0.2) is 16.1 Å². The summed E-state index contributed by atoms with van der Waals surface area (Å²) in [5.74, 6) is 0.807. The SMILES string of the molecule is CCCC[C@H]1[C@H](CCC)O[C@H](C)C[C@@H]1I. The molecule has 0 spiro atoms. The largest absolute Gasteiger partial charge is 0.375 e. The summed E-state index contributed by atoms with van der Waals surface area (Å²) in [6, 6.07) is 0. The van der Waals surface area contributed by atoms with Gasteiger partial charge in [0.1, 0.15) is 0 Å². The Labute approximate surface area is 108 Å². The van der Waals surface area contributed by atoms with Gasteiger partial charge >= 0.3 is 0 Å². The molecule has 0 amide bonds. The molecule has 1 heterocycles. The van der Waals surface area contributed by atoms with Crippen LogP contribution < -0.4 is 0 Å². The lowest BCUT2D eigenvalue weighted by Gasteiger charge is -2.39. The maximum absolute atomic E-state index is 6.10. The number of rotatable bonds is 5. The van der Waals surface area contributed by atoms with E-state index in [1.54, 1.807) is 0 Å². The van der Waals surface area contributed by atoms with Crippen molar-refractivity contribution < 1.29 is 4.74 Å². The fraction of sp³-hybridized carbons (Fsp3) is 1.00. The van der Waals surface area contributed by atoms with E-state index in [4.69, 9.17) is 4.74 Å². The standard InChI is InChI=1S/C13H25IO/c1-4-6-8-11-12(14)9-10(3)15-13(11)7-5-2/h10-13H,4-9H2,1-3H3/t10-,11-,12+,13+/m1/s1. The van der Waals surface area contributed by atoms with E-state index in [0.717, 1.165) is 9.84 Å². The van der Waals surface area contributed by atoms with Crippen molar-refractivity contribution in [3.05, 3.63) is 0 Å². The molecule has 0 radical (unpaired) electrons. The van der Waals surface area contributed by atoms with Crippen molar-refractivity contribution >= 4 is 22.6 Å². The Bertz CT molecular complexity index is 172. The second-order valence-corrected chi connectivity index (χ2v) is 6.43. The van der Waals surface area contributed by atoms with E-state index in [1.165, 1.54) is 38.5 Å². The van der Waals surface area contributed by atoms with Gasteiger partial charge in [-0.3, -0.25) is 0 Å². The minimum absolute atomic E-state index is 0.473. The van der Waals surface area contributed by atoms with Gasteiger partial charge in [-0.2, -0.15) is 0 Å². The topological polar surface area (TPSA) is 9.23 Å². The highest BCUT2D eigenvalue weighted by Crippen LogP contribution is 2.36. The number of unbranched alkanes of at least 4 members (excludes halogenated alkanes) is 1. The second-order valence-electron chi connectivity index (χ2n) is 4.83. The van der Waals surface area contributed by atoms with Crippen LogP contribution in [0.25, 0.3) is 0 Å². The predicted molar refractivity (Wildman–Crippen MR) is 74.7 cm³/mol. The van der Waals surface area contributed by atoms with Crippen LogP contribution in [0.5, 0.6) is 0 Å². The molecule has 2 heteroatoms. The van der Waals surface area contributed by atoms with Gasteiger partial charge < -0.3 is 4.74 Å². The second kappa shape index (κ2) is 7.10. The Balaban J connectivity index is 2.51. The molecule has 1 nitrogen and oxygen atoms in total. The van der Waals surface area contributed by atoms with Gasteiger partial charge in [-0.25, -0.2) is 0 Å². The lowest BCUT2D eigenvalue weighted by atomic mass is 9.85. The third kappa shape index (κ3) is 4.22. The number of ether oxygens (including phenoxy) is 1. The molecule has 15 heavy (non-hydrogen) atoms. The average Bonchev–Trinajstić information content (AvgIpc) is 2.17. The highest BCUT2D eigenvalue weighted by Gasteiger charge is 2.34. The van der Waals surface area contributed by atoms with E-state index >= 15 is 0 Å². The predicted octanol–water partition coefficient (Wildman–Crippen LogP) is 4.57. The summed E-state index contributed by atoms with van der Waals surface area (Å²) >= 11 is 2.65. The Morgan fingerprint density at radius 2 is 1.93 bits per heavy atom. The molecular weight excluding hydrogens is 299 g/mol. The molecule has 4 atom stereocenters. The lowest BCUT2D eigenvalue weighted by Crippen LogP contribution is -2.40. The number of alkyl halides is 1. The van der Waals surface area contributed by atoms with Gasteiger partial charge in [0.15, 0.2) is 0 Å². The zero-order chi connectivity index (χ0) is 11.3. The van der Waals surface area contributed by atoms with Gasteiger partial charge in [0.25, 0.3) is 0 Å². The van der Waals surface area contributed by atoms with Crippen LogP contribution in [0, 0.1) is 5.92 Å². The molecule has 90 valence electrons. The summed E-state index contributed by atoms with van der Waals surface area (Å²) in [6.45, 7) is 6.77. The quantitative estimate of drug-likeness (QED) is 0.531. The summed E-state index contributed by atoms with van der Waals surface area (Å²) < 4.78 is 6.93. The van der Waals surface area contributed by atoms with Crippen LogP contribution in [0.15, 0.2) is 0 Å². The first-order chi connectivity index (χ1) is 7.19. The van der Waals surface area contributed by atoms with Crippen molar-refractivity contribution in [3.63, 3.8) is 0 Å². The number of hydrogen-bond acceptors (Lipinski definition) is 1. The van der Waals surface area contributed by atoms with E-state index in [2.05, 4.69) is 43.4 Å². The molecule has 1 fully saturated rings. The number of hydrogen-bond donors (Lipinski definition) is 0. The van der Waals surface area contributed by atoms with Crippen molar-refractivity contribution in [2.45, 2.75) is 75.4 Å². The molecule has 0 bridgehead atoms. The van der Waals surface area contributed by atoms with Crippen molar-refractivity contribution in [1.82, 2.24) is 0 Å². The monoisotopic (exact) mass is 324 g/mol. The first-order valence-electron chi connectivity index (χ1n) is 6.48. The summed E-state index contributed by atoms with van der Waals surface area (Å²) in [4.78, 5) is 0. The molecular formula is C13H25IO. The Hall–Kier alpha value is 0.690. The molecule has 0 aromatic carbocycles. The van der Waals surface area contributed by atoms with Crippen LogP contribution in [0.1, 0.15) is 59.3 Å². The van der Waals surface area contributed by atoms with Gasteiger partial charge in [-0.1, -0.05) is 55.7 Å². The number of halogens is 1. The molecule has 0 aliphatic carbocycles. The third-order valence-electron chi connectivity index (χ3n) is 3.37. The molecule has 1 aliphatic rings. The highest BCUT2D eigenvalue weighted by molar-refractivity contribution is 14.1. The molecule has 0 saturated carbocycles. The molecule has 0 aromatic heterocycles. The van der Waals surface area contributed by atoms with Crippen LogP contribution in [0.3, 0.4) is 0 Å². The summed E-state index contributed by atoms with van der Waals surface area (Å²) in [5, 5.41) is 0. The lowest BCUT2D eigenvalue weighted by molar-refractivity contribution is -0.0748. The first kappa shape index (κ1) is 13.8. The van der Waals surface area contributed by atoms with Crippen molar-refractivity contribution in [2.24, 2.45) is 5.92 Å². The van der Waals surface area contributed by atoms with E-state index in [0.29, 0.717) is 12.2 Å². The Morgan fingerprint density at radius 1 is 1.20 bits per heavy atom. The molecule has 0 unspecified atom stereocenters. The fourth-order valence-corrected chi connectivity index (χ4v) is 4.09. The molecule has 1 saturated heterocycles. The highest BCUT2D eigenvalue weighted by atomic mass is 127. The summed E-state index contributed by atoms with van der Waals surface area (Å²) in [5.41, 5.74) is 0. The zero-order valence-electron chi connectivity index (χ0n) is 10.3. The minimum Gasteiger partial charge on any atom is -0.375 e. The fourth-order valence-electron chi connectivity index (χ4n) is 2.55. The molecule has 0 N–H and O–H groups in total. The summed E-state index contributed by atoms with van der Waals surface area (Å²) in [6.07, 6.45) is 8.79. The van der Waals surface area contributed by atoms with Crippen LogP contribution >= 0.6 is 22.6 Å². The van der Waals surface area contributed by atoms with Gasteiger partial charge in [0.2, 0.25) is 0 Å². The van der Waals surface area contributed by atoms with Gasteiger partial charge in [0, 0.05) is 3.92 Å². The van der Waals surface area contributed by atoms with Crippen LogP contribution in [0.4, 0.5) is 0 Å². The van der Waals surface area contributed by atoms with E-state index in [9.17, 15) is 0 Å². The van der Waals surface area contributed by atoms with E-state index in [1.807, 2.05) is 0 Å². The van der Waals surface area contributed by atoms with E-state index in [-0.39, 0.29) is 0 Å². The smallest absolute Gasteiger partial charge is 0.0616 e. The minimum atomic E-state index is 0.473. The summed E-state index contributed by atoms with van der Waals surface area (Å²) in [7, 11) is 0. The van der Waals surface area contributed by atoms with Gasteiger partial charge in [0.05, 0.1) is 12.2 Å². The first-order valence-corrected chi connectivity index (χ1v) is 7.73. The van der Waals surface area contributed by atoms with Crippen molar-refractivity contribution in [1.29, 1.82) is 0 Å². The van der Waals surface area contributed by atoms with Crippen molar-refractivity contribution in [3.8, 4) is 0 Å².